The number of aliphatic hydroxyl groups is 1. The van der Waals surface area contributed by atoms with Crippen LogP contribution in [0.1, 0.15) is 36.5 Å². The Morgan fingerprint density at radius 3 is 2.89 bits per heavy atom. The van der Waals surface area contributed by atoms with E-state index in [1.807, 2.05) is 24.3 Å². The van der Waals surface area contributed by atoms with Crippen LogP contribution in [0, 0.1) is 17.3 Å². The second kappa shape index (κ2) is 5.55. The van der Waals surface area contributed by atoms with E-state index in [2.05, 4.69) is 10.2 Å². The molecule has 2 N–H and O–H groups in total. The topological polar surface area (TPSA) is 78.9 Å². The van der Waals surface area contributed by atoms with Crippen molar-refractivity contribution in [2.75, 3.05) is 25.5 Å². The number of carbonyl (C=O) groups is 2. The maximum absolute atomic E-state index is 13.7. The summed E-state index contributed by atoms with van der Waals surface area (Å²) in [5, 5.41) is 14.0. The summed E-state index contributed by atoms with van der Waals surface area (Å²) in [5.41, 5.74) is -0.505. The molecule has 0 radical (unpaired) electrons. The zero-order valence-corrected chi connectivity index (χ0v) is 15.8. The normalized spacial score (nSPS) is 42.6. The van der Waals surface area contributed by atoms with E-state index in [9.17, 15) is 14.7 Å². The van der Waals surface area contributed by atoms with Gasteiger partial charge in [0.2, 0.25) is 0 Å². The number of benzene rings is 1. The Balaban J connectivity index is 1.72. The van der Waals surface area contributed by atoms with Crippen LogP contribution in [0.15, 0.2) is 24.3 Å². The maximum Gasteiger partial charge on any atom is 0.316 e. The minimum absolute atomic E-state index is 0.0000397. The Hall–Kier alpha value is -1.92. The summed E-state index contributed by atoms with van der Waals surface area (Å²) in [7, 11) is 1.41. The molecule has 4 heterocycles. The smallest absolute Gasteiger partial charge is 0.316 e. The van der Waals surface area contributed by atoms with Crippen molar-refractivity contribution in [1.82, 2.24) is 4.90 Å². The Kier molecular flexibility index (Phi) is 3.53. The first-order valence-corrected chi connectivity index (χ1v) is 9.87. The van der Waals surface area contributed by atoms with Crippen LogP contribution in [-0.4, -0.2) is 59.6 Å². The number of hydrogen-bond donors (Lipinski definition) is 2. The quantitative estimate of drug-likeness (QED) is 0.772. The number of Topliss-reactive ketones (excluding diaryl/α,β-unsaturated/α-hetero) is 1. The highest BCUT2D eigenvalue weighted by Gasteiger charge is 2.75. The monoisotopic (exact) mass is 370 g/mol. The van der Waals surface area contributed by atoms with Crippen molar-refractivity contribution in [3.05, 3.63) is 29.8 Å². The number of nitrogens with zero attached hydrogens (tertiary/aromatic N) is 1. The molecule has 6 heteroatoms. The SMILES string of the molecule is COC(=O)[C@@]12C[C@@H]3C[C@H]([C@H](C)O)C1N(CC[C@]21Nc2ccccc2C1=O)C3. The van der Waals surface area contributed by atoms with Crippen LogP contribution in [0.25, 0.3) is 0 Å². The van der Waals surface area contributed by atoms with Crippen molar-refractivity contribution in [2.45, 2.75) is 43.9 Å². The Morgan fingerprint density at radius 2 is 2.19 bits per heavy atom. The van der Waals surface area contributed by atoms with Gasteiger partial charge in [-0.15, -0.1) is 0 Å². The van der Waals surface area contributed by atoms with Gasteiger partial charge < -0.3 is 15.2 Å². The molecular weight excluding hydrogens is 344 g/mol. The van der Waals surface area contributed by atoms with Crippen LogP contribution in [-0.2, 0) is 9.53 Å². The molecule has 1 aromatic carbocycles. The van der Waals surface area contributed by atoms with Crippen molar-refractivity contribution in [1.29, 1.82) is 0 Å². The standard InChI is InChI=1S/C21H26N2O4/c1-12(24)15-9-13-10-20(19(26)27-2)17(15)23(11-13)8-7-21(20)18(25)14-5-3-4-6-16(14)22-21/h3-6,12-13,15,17,22,24H,7-11H2,1-2H3/t12-,13-,15+,17?,20+,21+/m0/s1. The number of esters is 1. The van der Waals surface area contributed by atoms with Gasteiger partial charge in [0, 0.05) is 36.3 Å². The second-order valence-corrected chi connectivity index (χ2v) is 8.77. The van der Waals surface area contributed by atoms with E-state index < -0.39 is 17.1 Å². The van der Waals surface area contributed by atoms with Crippen molar-refractivity contribution in [3.8, 4) is 0 Å². The van der Waals surface area contributed by atoms with Crippen LogP contribution in [0.4, 0.5) is 5.69 Å². The molecule has 1 saturated carbocycles. The number of aliphatic hydroxyl groups excluding tert-OH is 1. The zero-order chi connectivity index (χ0) is 19.0. The number of hydrogen-bond acceptors (Lipinski definition) is 6. The highest BCUT2D eigenvalue weighted by Crippen LogP contribution is 2.62. The highest BCUT2D eigenvalue weighted by molar-refractivity contribution is 6.16. The molecule has 1 aromatic rings. The minimum atomic E-state index is -0.989. The van der Waals surface area contributed by atoms with Gasteiger partial charge in [-0.1, -0.05) is 12.1 Å². The van der Waals surface area contributed by atoms with Gasteiger partial charge in [-0.25, -0.2) is 0 Å². The maximum atomic E-state index is 13.7. The molecular formula is C21H26N2O4. The largest absolute Gasteiger partial charge is 0.468 e. The minimum Gasteiger partial charge on any atom is -0.468 e. The Labute approximate surface area is 158 Å². The predicted octanol–water partition coefficient (Wildman–Crippen LogP) is 1.69. The lowest BCUT2D eigenvalue weighted by Gasteiger charge is -2.67. The molecule has 6 rings (SSSR count). The molecule has 4 aliphatic heterocycles. The lowest BCUT2D eigenvalue weighted by Crippen LogP contribution is -2.80. The lowest BCUT2D eigenvalue weighted by molar-refractivity contribution is -0.200. The van der Waals surface area contributed by atoms with E-state index in [4.69, 9.17) is 4.74 Å². The van der Waals surface area contributed by atoms with Crippen LogP contribution < -0.4 is 5.32 Å². The molecule has 1 spiro atoms. The van der Waals surface area contributed by atoms with Gasteiger partial charge >= 0.3 is 5.97 Å². The number of nitrogens with one attached hydrogen (secondary N) is 1. The number of para-hydroxylation sites is 1. The van der Waals surface area contributed by atoms with Gasteiger partial charge in [0.15, 0.2) is 5.78 Å². The zero-order valence-electron chi connectivity index (χ0n) is 15.8. The molecule has 2 unspecified atom stereocenters. The van der Waals surface area contributed by atoms with E-state index in [0.717, 1.165) is 25.2 Å². The highest BCUT2D eigenvalue weighted by atomic mass is 16.5. The van der Waals surface area contributed by atoms with E-state index in [0.29, 0.717) is 18.4 Å². The predicted molar refractivity (Wildman–Crippen MR) is 99.4 cm³/mol. The van der Waals surface area contributed by atoms with Crippen molar-refractivity contribution in [3.63, 3.8) is 0 Å². The third-order valence-corrected chi connectivity index (χ3v) is 7.62. The first kappa shape index (κ1) is 17.2. The average Bonchev–Trinajstić information content (AvgIpc) is 2.97. The summed E-state index contributed by atoms with van der Waals surface area (Å²) in [6, 6.07) is 7.33. The summed E-state index contributed by atoms with van der Waals surface area (Å²) >= 11 is 0. The van der Waals surface area contributed by atoms with Gasteiger partial charge in [-0.05, 0) is 44.2 Å². The van der Waals surface area contributed by atoms with Crippen molar-refractivity contribution >= 4 is 17.4 Å². The first-order valence-electron chi connectivity index (χ1n) is 9.87. The third-order valence-electron chi connectivity index (χ3n) is 7.62. The van der Waals surface area contributed by atoms with E-state index in [-0.39, 0.29) is 29.6 Å². The molecule has 7 atom stereocenters. The number of piperidine rings is 3. The molecule has 3 saturated heterocycles. The van der Waals surface area contributed by atoms with Gasteiger partial charge in [-0.3, -0.25) is 14.5 Å². The fourth-order valence-corrected chi connectivity index (χ4v) is 6.71. The lowest BCUT2D eigenvalue weighted by atomic mass is 9.47. The van der Waals surface area contributed by atoms with Crippen molar-refractivity contribution in [2.24, 2.45) is 17.3 Å². The number of methoxy groups -OCH3 is 1. The first-order chi connectivity index (χ1) is 12.9. The molecule has 0 aromatic heterocycles. The molecule has 1 aliphatic carbocycles. The van der Waals surface area contributed by atoms with Gasteiger partial charge in [0.1, 0.15) is 11.0 Å². The number of ketones is 1. The van der Waals surface area contributed by atoms with Gasteiger partial charge in [-0.2, -0.15) is 0 Å². The van der Waals surface area contributed by atoms with Gasteiger partial charge in [0.05, 0.1) is 13.2 Å². The number of rotatable bonds is 2. The summed E-state index contributed by atoms with van der Waals surface area (Å²) in [6.45, 7) is 3.48. The Morgan fingerprint density at radius 1 is 1.41 bits per heavy atom. The van der Waals surface area contributed by atoms with Crippen molar-refractivity contribution < 1.29 is 19.4 Å². The van der Waals surface area contributed by atoms with Crippen LogP contribution >= 0.6 is 0 Å². The third kappa shape index (κ3) is 1.93. The molecule has 0 amide bonds. The summed E-state index contributed by atoms with van der Waals surface area (Å²) in [6.07, 6.45) is 1.58. The van der Waals surface area contributed by atoms with Crippen LogP contribution in [0.5, 0.6) is 0 Å². The number of fused-ring (bicyclic) bond motifs is 2. The molecule has 6 nitrogen and oxygen atoms in total. The molecule has 5 aliphatic rings. The van der Waals surface area contributed by atoms with E-state index in [1.165, 1.54) is 7.11 Å². The number of anilines is 1. The van der Waals surface area contributed by atoms with Crippen LogP contribution in [0.2, 0.25) is 0 Å². The second-order valence-electron chi connectivity index (χ2n) is 8.77. The van der Waals surface area contributed by atoms with E-state index >= 15 is 0 Å². The van der Waals surface area contributed by atoms with E-state index in [1.54, 1.807) is 6.92 Å². The average molecular weight is 370 g/mol. The Bertz CT molecular complexity index is 824. The molecule has 4 fully saturated rings. The molecule has 4 bridgehead atoms. The summed E-state index contributed by atoms with van der Waals surface area (Å²) in [4.78, 5) is 29.4. The van der Waals surface area contributed by atoms with Crippen LogP contribution in [0.3, 0.4) is 0 Å². The fourth-order valence-electron chi connectivity index (χ4n) is 6.71. The van der Waals surface area contributed by atoms with Gasteiger partial charge in [0.25, 0.3) is 0 Å². The number of carbonyl (C=O) groups excluding carboxylic acids is 2. The fraction of sp³-hybridized carbons (Fsp3) is 0.619. The summed E-state index contributed by atoms with van der Waals surface area (Å²) in [5.74, 6) is -0.0720. The molecule has 144 valence electrons. The summed E-state index contributed by atoms with van der Waals surface area (Å²) < 4.78 is 5.34. The molecule has 27 heavy (non-hydrogen) atoms. The number of ether oxygens (including phenoxy) is 1.